The summed E-state index contributed by atoms with van der Waals surface area (Å²) in [4.78, 5) is 16.4. The van der Waals surface area contributed by atoms with E-state index in [2.05, 4.69) is 15.6 Å². The van der Waals surface area contributed by atoms with Crippen LogP contribution in [0.25, 0.3) is 10.4 Å². The van der Waals surface area contributed by atoms with E-state index >= 15 is 0 Å². The first-order valence-corrected chi connectivity index (χ1v) is 10.9. The maximum Gasteiger partial charge on any atom is 0.318 e. The topological polar surface area (TPSA) is 63.2 Å². The Morgan fingerprint density at radius 3 is 1.83 bits per heavy atom. The molecule has 0 atom stereocenters. The number of rotatable bonds is 4. The lowest BCUT2D eigenvalue weighted by Crippen LogP contribution is -2.24. The third-order valence-corrected chi connectivity index (χ3v) is 3.97. The summed E-state index contributed by atoms with van der Waals surface area (Å²) in [5.74, 6) is 1.46. The Kier molecular flexibility index (Phi) is 14.5. The van der Waals surface area contributed by atoms with Crippen LogP contribution in [-0.2, 0) is 0 Å². The number of aromatic nitrogens is 1. The van der Waals surface area contributed by atoms with Crippen molar-refractivity contribution in [3.8, 4) is 21.9 Å². The molecule has 158 valence electrons. The van der Waals surface area contributed by atoms with Gasteiger partial charge in [0.1, 0.15) is 11.5 Å². The van der Waals surface area contributed by atoms with Gasteiger partial charge in [-0.3, -0.25) is 4.98 Å². The summed E-state index contributed by atoms with van der Waals surface area (Å²) >= 11 is 1.60. The third-order valence-electron chi connectivity index (χ3n) is 3.15. The van der Waals surface area contributed by atoms with E-state index in [9.17, 15) is 4.79 Å². The van der Waals surface area contributed by atoms with Crippen molar-refractivity contribution in [1.82, 2.24) is 10.3 Å². The van der Waals surface area contributed by atoms with Gasteiger partial charge < -0.3 is 15.4 Å². The number of benzene rings is 2. The van der Waals surface area contributed by atoms with Crippen LogP contribution in [0.3, 0.4) is 0 Å². The van der Waals surface area contributed by atoms with Crippen LogP contribution < -0.4 is 15.4 Å². The fraction of sp³-hybridized carbons (Fsp3) is 0.304. The van der Waals surface area contributed by atoms with Crippen LogP contribution in [-0.4, -0.2) is 18.1 Å². The van der Waals surface area contributed by atoms with E-state index in [1.807, 2.05) is 89.6 Å². The molecule has 6 heteroatoms. The molecule has 2 N–H and O–H groups in total. The van der Waals surface area contributed by atoms with E-state index in [-0.39, 0.29) is 6.03 Å². The van der Waals surface area contributed by atoms with Crippen LogP contribution in [0.1, 0.15) is 41.5 Å². The van der Waals surface area contributed by atoms with Gasteiger partial charge >= 0.3 is 6.03 Å². The molecule has 1 aromatic heterocycles. The van der Waals surface area contributed by atoms with Crippen molar-refractivity contribution in [2.45, 2.75) is 41.5 Å². The molecule has 0 spiro atoms. The quantitative estimate of drug-likeness (QED) is 0.465. The minimum absolute atomic E-state index is 0.252. The van der Waals surface area contributed by atoms with E-state index in [1.165, 1.54) is 0 Å². The smallest absolute Gasteiger partial charge is 0.318 e. The highest BCUT2D eigenvalue weighted by molar-refractivity contribution is 7.13. The van der Waals surface area contributed by atoms with Crippen LogP contribution in [0.5, 0.6) is 11.5 Å². The number of ether oxygens (including phenoxy) is 1. The van der Waals surface area contributed by atoms with E-state index < -0.39 is 0 Å². The Bertz CT molecular complexity index is 771. The van der Waals surface area contributed by atoms with E-state index in [0.29, 0.717) is 11.4 Å². The molecule has 0 aliphatic rings. The fourth-order valence-electron chi connectivity index (χ4n) is 1.98. The number of urea groups is 1. The molecule has 0 bridgehead atoms. The third kappa shape index (κ3) is 9.25. The lowest BCUT2D eigenvalue weighted by Gasteiger charge is -2.08. The lowest BCUT2D eigenvalue weighted by atomic mass is 10.2. The zero-order valence-electron chi connectivity index (χ0n) is 18.4. The van der Waals surface area contributed by atoms with Crippen LogP contribution in [0, 0.1) is 0 Å². The number of hydrogen-bond acceptors (Lipinski definition) is 4. The molecule has 0 aliphatic heterocycles. The molecule has 0 fully saturated rings. The second-order valence-electron chi connectivity index (χ2n) is 4.72. The molecule has 0 unspecified atom stereocenters. The standard InChI is InChI=1S/C17H15N3O2S.3C2H6/c1-18-17(21)20-13-4-8-15(9-5-13)22-14-6-2-12(3-7-14)16-10-19-11-23-16;3*1-2/h2-11H,1H3,(H2,18,20,21);3*1-2H3. The first-order valence-electron chi connectivity index (χ1n) is 10.0. The maximum atomic E-state index is 11.2. The predicted octanol–water partition coefficient (Wildman–Crippen LogP) is 7.43. The maximum absolute atomic E-state index is 11.2. The molecular weight excluding hydrogens is 382 g/mol. The van der Waals surface area contributed by atoms with Gasteiger partial charge in [-0.25, -0.2) is 4.79 Å². The number of anilines is 1. The molecule has 3 rings (SSSR count). The zero-order valence-corrected chi connectivity index (χ0v) is 19.3. The first kappa shape index (κ1) is 26.1. The molecule has 0 saturated heterocycles. The Hall–Kier alpha value is -2.86. The molecule has 29 heavy (non-hydrogen) atoms. The zero-order chi connectivity index (χ0) is 22.1. The summed E-state index contributed by atoms with van der Waals surface area (Å²) in [5.41, 5.74) is 3.64. The van der Waals surface area contributed by atoms with Crippen molar-refractivity contribution < 1.29 is 9.53 Å². The minimum Gasteiger partial charge on any atom is -0.457 e. The fourth-order valence-corrected chi connectivity index (χ4v) is 2.61. The van der Waals surface area contributed by atoms with Crippen LogP contribution in [0.15, 0.2) is 60.2 Å². The van der Waals surface area contributed by atoms with Crippen molar-refractivity contribution in [2.24, 2.45) is 0 Å². The highest BCUT2D eigenvalue weighted by Gasteiger charge is 2.02. The molecule has 0 saturated carbocycles. The summed E-state index contributed by atoms with van der Waals surface area (Å²) in [6.45, 7) is 12.0. The normalized spacial score (nSPS) is 8.66. The summed E-state index contributed by atoms with van der Waals surface area (Å²) in [6, 6.07) is 14.8. The molecule has 0 aliphatic carbocycles. The van der Waals surface area contributed by atoms with Gasteiger partial charge in [0.15, 0.2) is 0 Å². The van der Waals surface area contributed by atoms with Crippen LogP contribution >= 0.6 is 11.3 Å². The second-order valence-corrected chi connectivity index (χ2v) is 5.61. The number of amides is 2. The number of carbonyl (C=O) groups excluding carboxylic acids is 1. The van der Waals surface area contributed by atoms with Crippen molar-refractivity contribution in [3.63, 3.8) is 0 Å². The van der Waals surface area contributed by atoms with Crippen molar-refractivity contribution in [1.29, 1.82) is 0 Å². The average Bonchev–Trinajstić information content (AvgIpc) is 3.35. The highest BCUT2D eigenvalue weighted by atomic mass is 32.1. The molecule has 1 heterocycles. The number of nitrogens with zero attached hydrogens (tertiary/aromatic N) is 1. The first-order chi connectivity index (χ1) is 14.2. The van der Waals surface area contributed by atoms with Crippen molar-refractivity contribution >= 4 is 23.1 Å². The summed E-state index contributed by atoms with van der Waals surface area (Å²) in [5, 5.41) is 5.20. The van der Waals surface area contributed by atoms with Crippen LogP contribution in [0.4, 0.5) is 10.5 Å². The van der Waals surface area contributed by atoms with Gasteiger partial charge in [-0.2, -0.15) is 0 Å². The molecule has 5 nitrogen and oxygen atoms in total. The van der Waals surface area contributed by atoms with Gasteiger partial charge in [0.25, 0.3) is 0 Å². The van der Waals surface area contributed by atoms with Crippen molar-refractivity contribution in [3.05, 3.63) is 60.2 Å². The summed E-state index contributed by atoms with van der Waals surface area (Å²) in [6.07, 6.45) is 1.85. The molecule has 2 aromatic carbocycles. The molecule has 3 aromatic rings. The van der Waals surface area contributed by atoms with E-state index in [0.717, 1.165) is 16.2 Å². The minimum atomic E-state index is -0.252. The van der Waals surface area contributed by atoms with Crippen molar-refractivity contribution in [2.75, 3.05) is 12.4 Å². The Morgan fingerprint density at radius 1 is 0.862 bits per heavy atom. The monoisotopic (exact) mass is 415 g/mol. The van der Waals surface area contributed by atoms with Gasteiger partial charge in [-0.15, -0.1) is 11.3 Å². The van der Waals surface area contributed by atoms with Gasteiger partial charge in [-0.1, -0.05) is 41.5 Å². The number of carbonyl (C=O) groups is 1. The summed E-state index contributed by atoms with van der Waals surface area (Å²) < 4.78 is 5.80. The predicted molar refractivity (Wildman–Crippen MR) is 126 cm³/mol. The second kappa shape index (κ2) is 16.1. The van der Waals surface area contributed by atoms with E-state index in [4.69, 9.17) is 4.74 Å². The van der Waals surface area contributed by atoms with E-state index in [1.54, 1.807) is 30.5 Å². The average molecular weight is 416 g/mol. The van der Waals surface area contributed by atoms with Gasteiger partial charge in [0, 0.05) is 18.9 Å². The Balaban J connectivity index is 0.00000120. The SMILES string of the molecule is CC.CC.CC.CNC(=O)Nc1ccc(Oc2ccc(-c3cncs3)cc2)cc1. The molecule has 2 amide bonds. The van der Waals surface area contributed by atoms with Gasteiger partial charge in [-0.05, 0) is 54.1 Å². The molecule has 0 radical (unpaired) electrons. The van der Waals surface area contributed by atoms with Gasteiger partial charge in [0.05, 0.1) is 10.4 Å². The van der Waals surface area contributed by atoms with Gasteiger partial charge in [0.2, 0.25) is 0 Å². The summed E-state index contributed by atoms with van der Waals surface area (Å²) in [7, 11) is 1.57. The largest absolute Gasteiger partial charge is 0.457 e. The Labute approximate surface area is 179 Å². The van der Waals surface area contributed by atoms with Crippen LogP contribution in [0.2, 0.25) is 0 Å². The Morgan fingerprint density at radius 2 is 1.38 bits per heavy atom. The number of thiazole rings is 1. The number of hydrogen-bond donors (Lipinski definition) is 2. The number of nitrogens with one attached hydrogen (secondary N) is 2. The molecular formula is C23H33N3O2S. The lowest BCUT2D eigenvalue weighted by molar-refractivity contribution is 0.254. The highest BCUT2D eigenvalue weighted by Crippen LogP contribution is 2.28.